The SMILES string of the molecule is COCCN1CCC[C@@]2(CCN(C(=O)c3cccc4c3ccn4C)C2)C1=O. The first-order valence-electron chi connectivity index (χ1n) is 9.67. The zero-order valence-electron chi connectivity index (χ0n) is 16.1. The van der Waals surface area contributed by atoms with Crippen LogP contribution in [0.4, 0.5) is 0 Å². The van der Waals surface area contributed by atoms with Gasteiger partial charge in [0.15, 0.2) is 0 Å². The lowest BCUT2D eigenvalue weighted by Gasteiger charge is -2.39. The number of aromatic nitrogens is 1. The number of hydrogen-bond acceptors (Lipinski definition) is 3. The van der Waals surface area contributed by atoms with Crippen molar-refractivity contribution in [2.24, 2.45) is 12.5 Å². The van der Waals surface area contributed by atoms with Crippen LogP contribution in [0.3, 0.4) is 0 Å². The van der Waals surface area contributed by atoms with Gasteiger partial charge in [0.1, 0.15) is 0 Å². The fourth-order valence-corrected chi connectivity index (χ4v) is 4.65. The summed E-state index contributed by atoms with van der Waals surface area (Å²) in [6.45, 7) is 3.15. The summed E-state index contributed by atoms with van der Waals surface area (Å²) in [5.74, 6) is 0.226. The highest BCUT2D eigenvalue weighted by molar-refractivity contribution is 6.07. The predicted molar refractivity (Wildman–Crippen MR) is 104 cm³/mol. The summed E-state index contributed by atoms with van der Waals surface area (Å²) in [5, 5.41) is 0.975. The van der Waals surface area contributed by atoms with Crippen LogP contribution in [-0.2, 0) is 16.6 Å². The van der Waals surface area contributed by atoms with Crippen molar-refractivity contribution in [3.63, 3.8) is 0 Å². The van der Waals surface area contributed by atoms with E-state index in [1.807, 2.05) is 51.9 Å². The summed E-state index contributed by atoms with van der Waals surface area (Å²) < 4.78 is 7.17. The van der Waals surface area contributed by atoms with Crippen molar-refractivity contribution < 1.29 is 14.3 Å². The molecule has 0 bridgehead atoms. The maximum Gasteiger partial charge on any atom is 0.254 e. The third-order valence-corrected chi connectivity index (χ3v) is 6.19. The Morgan fingerprint density at radius 2 is 2.07 bits per heavy atom. The molecule has 2 aliphatic heterocycles. The molecule has 1 atom stereocenters. The molecule has 1 spiro atoms. The maximum absolute atomic E-state index is 13.2. The molecule has 0 radical (unpaired) electrons. The number of fused-ring (bicyclic) bond motifs is 1. The van der Waals surface area contributed by atoms with E-state index in [-0.39, 0.29) is 11.8 Å². The van der Waals surface area contributed by atoms with Crippen molar-refractivity contribution in [2.75, 3.05) is 39.9 Å². The second kappa shape index (κ2) is 7.00. The fourth-order valence-electron chi connectivity index (χ4n) is 4.65. The second-order valence-electron chi connectivity index (χ2n) is 7.81. The van der Waals surface area contributed by atoms with E-state index in [1.165, 1.54) is 0 Å². The lowest BCUT2D eigenvalue weighted by Crippen LogP contribution is -2.51. The minimum atomic E-state index is -0.410. The number of amides is 2. The monoisotopic (exact) mass is 369 g/mol. The summed E-state index contributed by atoms with van der Waals surface area (Å²) in [5.41, 5.74) is 1.37. The molecule has 144 valence electrons. The molecule has 1 aromatic heterocycles. The first kappa shape index (κ1) is 18.0. The van der Waals surface area contributed by atoms with Crippen LogP contribution in [0.1, 0.15) is 29.6 Å². The first-order valence-corrected chi connectivity index (χ1v) is 9.67. The van der Waals surface area contributed by atoms with Crippen molar-refractivity contribution >= 4 is 22.7 Å². The van der Waals surface area contributed by atoms with Gasteiger partial charge in [0, 0.05) is 63.0 Å². The summed E-state index contributed by atoms with van der Waals surface area (Å²) in [4.78, 5) is 30.1. The van der Waals surface area contributed by atoms with Gasteiger partial charge in [0.2, 0.25) is 5.91 Å². The molecule has 4 rings (SSSR count). The Bertz CT molecular complexity index is 875. The second-order valence-corrected chi connectivity index (χ2v) is 7.81. The van der Waals surface area contributed by atoms with Crippen molar-refractivity contribution in [1.82, 2.24) is 14.4 Å². The molecule has 2 aromatic rings. The van der Waals surface area contributed by atoms with E-state index in [0.29, 0.717) is 26.2 Å². The highest BCUT2D eigenvalue weighted by atomic mass is 16.5. The molecule has 0 saturated carbocycles. The van der Waals surface area contributed by atoms with Gasteiger partial charge in [-0.1, -0.05) is 6.07 Å². The molecule has 27 heavy (non-hydrogen) atoms. The van der Waals surface area contributed by atoms with Gasteiger partial charge < -0.3 is 19.1 Å². The van der Waals surface area contributed by atoms with Gasteiger partial charge in [-0.05, 0) is 37.5 Å². The van der Waals surface area contributed by atoms with Crippen LogP contribution in [-0.4, -0.2) is 66.1 Å². The van der Waals surface area contributed by atoms with Gasteiger partial charge in [0.25, 0.3) is 5.91 Å². The third kappa shape index (κ3) is 3.02. The number of likely N-dealkylation sites (tertiary alicyclic amines) is 2. The average Bonchev–Trinajstić information content (AvgIpc) is 3.28. The molecule has 1 aromatic carbocycles. The standard InChI is InChI=1S/C21H27N3O3/c1-22-11-7-16-17(5-3-6-18(16)22)19(25)24-12-9-21(15-24)8-4-10-23(20(21)26)13-14-27-2/h3,5-7,11H,4,8-10,12-15H2,1-2H3/t21-/m0/s1. The highest BCUT2D eigenvalue weighted by Gasteiger charge is 2.49. The van der Waals surface area contributed by atoms with Crippen molar-refractivity contribution in [2.45, 2.75) is 19.3 Å². The number of aryl methyl sites for hydroxylation is 1. The van der Waals surface area contributed by atoms with Crippen LogP contribution < -0.4 is 0 Å². The molecule has 0 N–H and O–H groups in total. The summed E-state index contributed by atoms with van der Waals surface area (Å²) >= 11 is 0. The Hall–Kier alpha value is -2.34. The topological polar surface area (TPSA) is 54.8 Å². The van der Waals surface area contributed by atoms with E-state index in [0.717, 1.165) is 42.3 Å². The number of methoxy groups -OCH3 is 1. The molecule has 2 fully saturated rings. The van der Waals surface area contributed by atoms with Crippen LogP contribution in [0.15, 0.2) is 30.5 Å². The van der Waals surface area contributed by atoms with Gasteiger partial charge in [-0.25, -0.2) is 0 Å². The molecule has 2 aliphatic rings. The number of carbonyl (C=O) groups is 2. The molecular weight excluding hydrogens is 342 g/mol. The highest BCUT2D eigenvalue weighted by Crippen LogP contribution is 2.40. The Kier molecular flexibility index (Phi) is 4.68. The molecule has 2 amide bonds. The molecule has 0 unspecified atom stereocenters. The van der Waals surface area contributed by atoms with Gasteiger partial charge in [-0.15, -0.1) is 0 Å². The molecular formula is C21H27N3O3. The summed E-state index contributed by atoms with van der Waals surface area (Å²) in [6.07, 6.45) is 4.59. The van der Waals surface area contributed by atoms with Gasteiger partial charge in [-0.3, -0.25) is 9.59 Å². The van der Waals surface area contributed by atoms with E-state index in [4.69, 9.17) is 4.74 Å². The number of nitrogens with zero attached hydrogens (tertiary/aromatic N) is 3. The van der Waals surface area contributed by atoms with Crippen LogP contribution in [0, 0.1) is 5.41 Å². The Balaban J connectivity index is 1.55. The van der Waals surface area contributed by atoms with E-state index in [9.17, 15) is 9.59 Å². The normalized spacial score (nSPS) is 23.0. The third-order valence-electron chi connectivity index (χ3n) is 6.19. The van der Waals surface area contributed by atoms with E-state index < -0.39 is 5.41 Å². The molecule has 2 saturated heterocycles. The Morgan fingerprint density at radius 3 is 2.89 bits per heavy atom. The van der Waals surface area contributed by atoms with Gasteiger partial charge in [-0.2, -0.15) is 0 Å². The maximum atomic E-state index is 13.2. The zero-order chi connectivity index (χ0) is 19.0. The van der Waals surface area contributed by atoms with Crippen LogP contribution in [0.25, 0.3) is 10.9 Å². The minimum Gasteiger partial charge on any atom is -0.383 e. The number of hydrogen-bond donors (Lipinski definition) is 0. The number of piperidine rings is 1. The summed E-state index contributed by atoms with van der Waals surface area (Å²) in [7, 11) is 3.64. The molecule has 0 aliphatic carbocycles. The van der Waals surface area contributed by atoms with Crippen molar-refractivity contribution in [1.29, 1.82) is 0 Å². The molecule has 6 heteroatoms. The van der Waals surface area contributed by atoms with Crippen LogP contribution in [0.5, 0.6) is 0 Å². The smallest absolute Gasteiger partial charge is 0.254 e. The first-order chi connectivity index (χ1) is 13.1. The van der Waals surface area contributed by atoms with Crippen LogP contribution in [0.2, 0.25) is 0 Å². The van der Waals surface area contributed by atoms with Crippen molar-refractivity contribution in [3.05, 3.63) is 36.0 Å². The predicted octanol–water partition coefficient (Wildman–Crippen LogP) is 2.28. The van der Waals surface area contributed by atoms with E-state index >= 15 is 0 Å². The van der Waals surface area contributed by atoms with Gasteiger partial charge >= 0.3 is 0 Å². The lowest BCUT2D eigenvalue weighted by atomic mass is 9.78. The molecule has 3 heterocycles. The van der Waals surface area contributed by atoms with Gasteiger partial charge in [0.05, 0.1) is 12.0 Å². The number of ether oxygens (including phenoxy) is 1. The lowest BCUT2D eigenvalue weighted by molar-refractivity contribution is -0.146. The van der Waals surface area contributed by atoms with E-state index in [1.54, 1.807) is 7.11 Å². The van der Waals surface area contributed by atoms with Crippen molar-refractivity contribution in [3.8, 4) is 0 Å². The average molecular weight is 369 g/mol. The summed E-state index contributed by atoms with van der Waals surface area (Å²) in [6, 6.07) is 7.84. The minimum absolute atomic E-state index is 0.0329. The Morgan fingerprint density at radius 1 is 1.22 bits per heavy atom. The number of rotatable bonds is 4. The molecule has 6 nitrogen and oxygen atoms in total. The largest absolute Gasteiger partial charge is 0.383 e. The fraction of sp³-hybridized carbons (Fsp3) is 0.524. The van der Waals surface area contributed by atoms with E-state index in [2.05, 4.69) is 0 Å². The quantitative estimate of drug-likeness (QED) is 0.831. The Labute approximate surface area is 159 Å². The van der Waals surface area contributed by atoms with Crippen LogP contribution >= 0.6 is 0 Å². The number of benzene rings is 1. The number of carbonyl (C=O) groups excluding carboxylic acids is 2. The zero-order valence-corrected chi connectivity index (χ0v) is 16.1.